The van der Waals surface area contributed by atoms with Crippen molar-refractivity contribution >= 4 is 5.97 Å². The minimum atomic E-state index is -1.13. The second-order valence-electron chi connectivity index (χ2n) is 3.90. The number of hydrogen-bond acceptors (Lipinski definition) is 4. The number of carboxylic acid groups (broad SMARTS) is 1. The van der Waals surface area contributed by atoms with E-state index in [-0.39, 0.29) is 5.76 Å². The molecule has 1 N–H and O–H groups in total. The average Bonchev–Trinajstić information content (AvgIpc) is 3.10. The molecule has 6 heteroatoms. The Morgan fingerprint density at radius 3 is 2.89 bits per heavy atom. The zero-order valence-electron chi connectivity index (χ0n) is 9.72. The number of imidazole rings is 1. The van der Waals surface area contributed by atoms with Crippen LogP contribution < -0.4 is 0 Å². The van der Waals surface area contributed by atoms with Crippen LogP contribution in [0.1, 0.15) is 10.6 Å². The van der Waals surface area contributed by atoms with Crippen LogP contribution >= 0.6 is 0 Å². The van der Waals surface area contributed by atoms with E-state index in [4.69, 9.17) is 9.63 Å². The van der Waals surface area contributed by atoms with Gasteiger partial charge in [0.15, 0.2) is 0 Å². The Morgan fingerprint density at radius 1 is 1.32 bits per heavy atom. The van der Waals surface area contributed by atoms with Crippen molar-refractivity contribution < 1.29 is 14.4 Å². The molecule has 2 heterocycles. The quantitative estimate of drug-likeness (QED) is 0.776. The van der Waals surface area contributed by atoms with Crippen molar-refractivity contribution in [2.75, 3.05) is 0 Å². The van der Waals surface area contributed by atoms with Gasteiger partial charge >= 0.3 is 5.97 Å². The topological polar surface area (TPSA) is 81.1 Å². The molecule has 0 spiro atoms. The Hall–Kier alpha value is -2.89. The lowest BCUT2D eigenvalue weighted by Crippen LogP contribution is -1.92. The lowest BCUT2D eigenvalue weighted by atomic mass is 10.1. The molecule has 0 saturated carbocycles. The first-order chi connectivity index (χ1) is 9.24. The zero-order chi connectivity index (χ0) is 13.2. The molecule has 94 valence electrons. The van der Waals surface area contributed by atoms with E-state index in [1.54, 1.807) is 12.5 Å². The number of aromatic carboxylic acids is 1. The number of aromatic nitrogens is 3. The molecule has 0 unspecified atom stereocenters. The van der Waals surface area contributed by atoms with Gasteiger partial charge in [0.05, 0.1) is 6.33 Å². The summed E-state index contributed by atoms with van der Waals surface area (Å²) in [6.07, 6.45) is 5.19. The number of carbonyl (C=O) groups is 1. The molecule has 0 saturated heterocycles. The predicted octanol–water partition coefficient (Wildman–Crippen LogP) is 2.23. The molecule has 0 aliphatic rings. The summed E-state index contributed by atoms with van der Waals surface area (Å²) < 4.78 is 6.59. The molecule has 0 radical (unpaired) electrons. The monoisotopic (exact) mass is 255 g/mol. The summed E-state index contributed by atoms with van der Waals surface area (Å²) in [5, 5.41) is 12.6. The molecular weight excluding hydrogens is 246 g/mol. The molecule has 3 aromatic rings. The van der Waals surface area contributed by atoms with Crippen LogP contribution in [0.2, 0.25) is 0 Å². The van der Waals surface area contributed by atoms with E-state index in [9.17, 15) is 4.79 Å². The third-order valence-corrected chi connectivity index (χ3v) is 2.67. The Bertz CT molecular complexity index is 716. The number of nitrogens with zero attached hydrogens (tertiary/aromatic N) is 3. The second-order valence-corrected chi connectivity index (χ2v) is 3.90. The number of benzene rings is 1. The average molecular weight is 255 g/mol. The Balaban J connectivity index is 2.01. The summed E-state index contributed by atoms with van der Waals surface area (Å²) in [4.78, 5) is 14.7. The van der Waals surface area contributed by atoms with Crippen LogP contribution in [0.3, 0.4) is 0 Å². The van der Waals surface area contributed by atoms with E-state index >= 15 is 0 Å². The summed E-state index contributed by atoms with van der Waals surface area (Å²) in [5.41, 5.74) is 2.18. The minimum absolute atomic E-state index is 0.178. The van der Waals surface area contributed by atoms with Crippen molar-refractivity contribution in [3.63, 3.8) is 0 Å². The normalized spacial score (nSPS) is 10.5. The summed E-state index contributed by atoms with van der Waals surface area (Å²) >= 11 is 0. The number of carboxylic acids is 1. The highest BCUT2D eigenvalue weighted by molar-refractivity contribution is 5.85. The first-order valence-corrected chi connectivity index (χ1v) is 5.53. The lowest BCUT2D eigenvalue weighted by Gasteiger charge is -2.03. The SMILES string of the molecule is O=C(O)c1cc(-c2cccc(-n3ccnc3)c2)no1. The van der Waals surface area contributed by atoms with Crippen LogP contribution in [-0.4, -0.2) is 25.8 Å². The van der Waals surface area contributed by atoms with Gasteiger partial charge in [0.25, 0.3) is 0 Å². The highest BCUT2D eigenvalue weighted by Gasteiger charge is 2.12. The van der Waals surface area contributed by atoms with Gasteiger partial charge in [0.2, 0.25) is 5.76 Å². The van der Waals surface area contributed by atoms with Crippen molar-refractivity contribution in [2.45, 2.75) is 0 Å². The molecule has 19 heavy (non-hydrogen) atoms. The fraction of sp³-hybridized carbons (Fsp3) is 0. The first kappa shape index (κ1) is 11.2. The molecule has 0 atom stereocenters. The van der Waals surface area contributed by atoms with Crippen LogP contribution in [-0.2, 0) is 0 Å². The van der Waals surface area contributed by atoms with E-state index in [0.29, 0.717) is 5.69 Å². The minimum Gasteiger partial charge on any atom is -0.475 e. The highest BCUT2D eigenvalue weighted by Crippen LogP contribution is 2.21. The van der Waals surface area contributed by atoms with Gasteiger partial charge in [-0.15, -0.1) is 0 Å². The summed E-state index contributed by atoms with van der Waals surface area (Å²) in [6, 6.07) is 8.90. The van der Waals surface area contributed by atoms with Gasteiger partial charge in [-0.3, -0.25) is 0 Å². The van der Waals surface area contributed by atoms with Crippen molar-refractivity contribution in [1.82, 2.24) is 14.7 Å². The molecule has 3 rings (SSSR count). The van der Waals surface area contributed by atoms with Crippen LogP contribution in [0.25, 0.3) is 16.9 Å². The van der Waals surface area contributed by atoms with Crippen LogP contribution in [0, 0.1) is 0 Å². The van der Waals surface area contributed by atoms with Gasteiger partial charge in [0, 0.05) is 29.7 Å². The fourth-order valence-electron chi connectivity index (χ4n) is 1.75. The maximum atomic E-state index is 10.8. The smallest absolute Gasteiger partial charge is 0.374 e. The van der Waals surface area contributed by atoms with Crippen LogP contribution in [0.4, 0.5) is 0 Å². The predicted molar refractivity (Wildman–Crippen MR) is 66.0 cm³/mol. The molecule has 2 aromatic heterocycles. The first-order valence-electron chi connectivity index (χ1n) is 5.53. The highest BCUT2D eigenvalue weighted by atomic mass is 16.5. The van der Waals surface area contributed by atoms with Crippen LogP contribution in [0.5, 0.6) is 0 Å². The molecule has 0 amide bonds. The molecule has 6 nitrogen and oxygen atoms in total. The fourth-order valence-corrected chi connectivity index (χ4v) is 1.75. The van der Waals surface area contributed by atoms with Gasteiger partial charge < -0.3 is 14.2 Å². The van der Waals surface area contributed by atoms with E-state index < -0.39 is 5.97 Å². The summed E-state index contributed by atoms with van der Waals surface area (Å²) in [6.45, 7) is 0. The number of hydrogen-bond donors (Lipinski definition) is 1. The van der Waals surface area contributed by atoms with Crippen molar-refractivity contribution in [2.24, 2.45) is 0 Å². The van der Waals surface area contributed by atoms with E-state index in [1.165, 1.54) is 6.07 Å². The van der Waals surface area contributed by atoms with Gasteiger partial charge in [-0.05, 0) is 12.1 Å². The Labute approximate surface area is 107 Å². The van der Waals surface area contributed by atoms with Gasteiger partial charge in [0.1, 0.15) is 5.69 Å². The summed E-state index contributed by atoms with van der Waals surface area (Å²) in [5.74, 6) is -1.31. The molecule has 1 aromatic carbocycles. The third-order valence-electron chi connectivity index (χ3n) is 2.67. The molecule has 0 aliphatic heterocycles. The molecular formula is C13H9N3O3. The lowest BCUT2D eigenvalue weighted by molar-refractivity contribution is 0.0652. The van der Waals surface area contributed by atoms with Crippen LogP contribution in [0.15, 0.2) is 53.6 Å². The molecule has 0 bridgehead atoms. The van der Waals surface area contributed by atoms with Crippen molar-refractivity contribution in [3.05, 3.63) is 54.8 Å². The largest absolute Gasteiger partial charge is 0.475 e. The van der Waals surface area contributed by atoms with Gasteiger partial charge in [-0.1, -0.05) is 17.3 Å². The van der Waals surface area contributed by atoms with E-state index in [2.05, 4.69) is 10.1 Å². The molecule has 0 aliphatic carbocycles. The van der Waals surface area contributed by atoms with E-state index in [1.807, 2.05) is 35.0 Å². The van der Waals surface area contributed by atoms with Gasteiger partial charge in [-0.2, -0.15) is 0 Å². The summed E-state index contributed by atoms with van der Waals surface area (Å²) in [7, 11) is 0. The van der Waals surface area contributed by atoms with Crippen molar-refractivity contribution in [1.29, 1.82) is 0 Å². The maximum absolute atomic E-state index is 10.8. The number of rotatable bonds is 3. The third kappa shape index (κ3) is 2.11. The Kier molecular flexibility index (Phi) is 2.60. The van der Waals surface area contributed by atoms with Crippen molar-refractivity contribution in [3.8, 4) is 16.9 Å². The zero-order valence-corrected chi connectivity index (χ0v) is 9.72. The second kappa shape index (κ2) is 4.41. The Morgan fingerprint density at radius 2 is 2.21 bits per heavy atom. The van der Waals surface area contributed by atoms with Gasteiger partial charge in [-0.25, -0.2) is 9.78 Å². The standard InChI is InChI=1S/C13H9N3O3/c17-13(18)12-7-11(15-19-12)9-2-1-3-10(6-9)16-5-4-14-8-16/h1-8H,(H,17,18). The molecule has 0 fully saturated rings. The van der Waals surface area contributed by atoms with E-state index in [0.717, 1.165) is 11.3 Å². The maximum Gasteiger partial charge on any atom is 0.374 e.